The van der Waals surface area contributed by atoms with Crippen LogP contribution < -0.4 is 25.8 Å². The largest absolute Gasteiger partial charge is 0.495 e. The van der Waals surface area contributed by atoms with Gasteiger partial charge in [-0.1, -0.05) is 30.0 Å². The second-order valence-corrected chi connectivity index (χ2v) is 8.69. The van der Waals surface area contributed by atoms with Gasteiger partial charge in [0.25, 0.3) is 0 Å². The van der Waals surface area contributed by atoms with Gasteiger partial charge in [0, 0.05) is 17.0 Å². The van der Waals surface area contributed by atoms with Gasteiger partial charge in [-0.15, -0.1) is 0 Å². The lowest BCUT2D eigenvalue weighted by molar-refractivity contribution is -0.131. The zero-order valence-electron chi connectivity index (χ0n) is 16.7. The summed E-state index contributed by atoms with van der Waals surface area (Å²) >= 11 is 0.967. The Morgan fingerprint density at radius 1 is 1.12 bits per heavy atom. The van der Waals surface area contributed by atoms with E-state index in [1.54, 1.807) is 24.3 Å². The maximum Gasteiger partial charge on any atom is 0.342 e. The van der Waals surface area contributed by atoms with Crippen LogP contribution in [-0.4, -0.2) is 36.1 Å². The lowest BCUT2D eigenvalue weighted by Gasteiger charge is -2.36. The van der Waals surface area contributed by atoms with Crippen LogP contribution in [0.15, 0.2) is 53.1 Å². The fourth-order valence-electron chi connectivity index (χ4n) is 4.46. The van der Waals surface area contributed by atoms with Gasteiger partial charge in [-0.25, -0.2) is 9.69 Å². The number of primary amides is 1. The first-order chi connectivity index (χ1) is 15.3. The van der Waals surface area contributed by atoms with Crippen molar-refractivity contribution in [3.63, 3.8) is 0 Å². The molecule has 3 aliphatic rings. The molecular formula is C22H17N3O6S. The van der Waals surface area contributed by atoms with Crippen molar-refractivity contribution in [3.05, 3.63) is 64.2 Å². The van der Waals surface area contributed by atoms with Gasteiger partial charge >= 0.3 is 5.97 Å². The number of para-hydroxylation sites is 1. The smallest absolute Gasteiger partial charge is 0.342 e. The summed E-state index contributed by atoms with van der Waals surface area (Å²) in [5.41, 5.74) is 12.6. The highest BCUT2D eigenvalue weighted by molar-refractivity contribution is 8.04. The molecule has 3 amide bonds. The topological polar surface area (TPSA) is 142 Å². The average Bonchev–Trinajstić information content (AvgIpc) is 3.02. The Morgan fingerprint density at radius 3 is 2.59 bits per heavy atom. The van der Waals surface area contributed by atoms with Crippen LogP contribution in [0.5, 0.6) is 11.5 Å². The molecule has 0 saturated carbocycles. The fourth-order valence-corrected chi connectivity index (χ4v) is 5.70. The molecule has 5 rings (SSSR count). The van der Waals surface area contributed by atoms with E-state index in [1.165, 1.54) is 25.3 Å². The molecule has 1 saturated heterocycles. The van der Waals surface area contributed by atoms with Crippen LogP contribution in [0.4, 0.5) is 5.69 Å². The van der Waals surface area contributed by atoms with Crippen molar-refractivity contribution < 1.29 is 28.7 Å². The van der Waals surface area contributed by atoms with Gasteiger partial charge in [0.2, 0.25) is 17.7 Å². The third-order valence-corrected chi connectivity index (χ3v) is 7.09. The second-order valence-electron chi connectivity index (χ2n) is 7.51. The minimum Gasteiger partial charge on any atom is -0.495 e. The number of hydrogen-bond acceptors (Lipinski definition) is 8. The first kappa shape index (κ1) is 20.1. The normalized spacial score (nSPS) is 24.0. The Labute approximate surface area is 186 Å². The number of nitrogens with two attached hydrogens (primary N) is 2. The predicted molar refractivity (Wildman–Crippen MR) is 115 cm³/mol. The number of rotatable bonds is 3. The second kappa shape index (κ2) is 7.13. The van der Waals surface area contributed by atoms with Crippen molar-refractivity contribution in [1.82, 2.24) is 0 Å². The summed E-state index contributed by atoms with van der Waals surface area (Å²) < 4.78 is 10.7. The molecule has 0 spiro atoms. The summed E-state index contributed by atoms with van der Waals surface area (Å²) in [6.07, 6.45) is 0. The van der Waals surface area contributed by atoms with Crippen molar-refractivity contribution in [2.75, 3.05) is 12.0 Å². The van der Waals surface area contributed by atoms with Crippen LogP contribution in [0.3, 0.4) is 0 Å². The average molecular weight is 451 g/mol. The number of anilines is 1. The maximum atomic E-state index is 13.7. The number of amides is 3. The van der Waals surface area contributed by atoms with Crippen molar-refractivity contribution in [2.24, 2.45) is 17.4 Å². The summed E-state index contributed by atoms with van der Waals surface area (Å²) in [6, 6.07) is 11.1. The number of benzene rings is 2. The SMILES string of the molecule is COc1ccc(C(N)=O)cc1N1C(=O)[C@@H]2[C@H](SC(N)=C3C(=O)Oc4ccccc4[C@@H]32)C1=O. The van der Waals surface area contributed by atoms with Gasteiger partial charge in [-0.3, -0.25) is 14.4 Å². The van der Waals surface area contributed by atoms with E-state index in [0.29, 0.717) is 11.3 Å². The minimum atomic E-state index is -0.884. The number of thioether (sulfide) groups is 1. The number of methoxy groups -OCH3 is 1. The molecule has 0 bridgehead atoms. The molecule has 2 aromatic carbocycles. The van der Waals surface area contributed by atoms with Gasteiger partial charge in [-0.2, -0.15) is 0 Å². The first-order valence-corrected chi connectivity index (χ1v) is 10.5. The number of imide groups is 1. The van der Waals surface area contributed by atoms with Gasteiger partial charge in [-0.05, 0) is 24.3 Å². The van der Waals surface area contributed by atoms with Crippen LogP contribution in [0.1, 0.15) is 21.8 Å². The molecule has 3 heterocycles. The highest BCUT2D eigenvalue weighted by Gasteiger charge is 2.59. The van der Waals surface area contributed by atoms with E-state index in [2.05, 4.69) is 0 Å². The van der Waals surface area contributed by atoms with E-state index in [4.69, 9.17) is 20.9 Å². The van der Waals surface area contributed by atoms with Crippen LogP contribution >= 0.6 is 11.8 Å². The minimum absolute atomic E-state index is 0.112. The van der Waals surface area contributed by atoms with Crippen LogP contribution in [0.25, 0.3) is 0 Å². The molecule has 9 nitrogen and oxygen atoms in total. The molecule has 0 unspecified atom stereocenters. The Morgan fingerprint density at radius 2 is 1.88 bits per heavy atom. The molecule has 32 heavy (non-hydrogen) atoms. The predicted octanol–water partition coefficient (Wildman–Crippen LogP) is 1.27. The molecular weight excluding hydrogens is 434 g/mol. The zero-order chi connectivity index (χ0) is 22.7. The number of carbonyl (C=O) groups is 4. The molecule has 0 radical (unpaired) electrons. The van der Waals surface area contributed by atoms with E-state index < -0.39 is 40.8 Å². The van der Waals surface area contributed by atoms with Crippen molar-refractivity contribution in [2.45, 2.75) is 11.2 Å². The number of hydrogen-bond donors (Lipinski definition) is 2. The molecule has 1 fully saturated rings. The number of nitrogens with zero attached hydrogens (tertiary/aromatic N) is 1. The molecule has 2 aromatic rings. The Hall–Kier alpha value is -3.79. The number of carbonyl (C=O) groups excluding carboxylic acids is 4. The highest BCUT2D eigenvalue weighted by atomic mass is 32.2. The van der Waals surface area contributed by atoms with Gasteiger partial charge < -0.3 is 20.9 Å². The molecule has 0 aromatic heterocycles. The zero-order valence-corrected chi connectivity index (χ0v) is 17.5. The maximum absolute atomic E-state index is 13.7. The lowest BCUT2D eigenvalue weighted by atomic mass is 9.77. The van der Waals surface area contributed by atoms with E-state index in [-0.39, 0.29) is 27.6 Å². The van der Waals surface area contributed by atoms with Crippen LogP contribution in [-0.2, 0) is 14.4 Å². The summed E-state index contributed by atoms with van der Waals surface area (Å²) in [5.74, 6) is -3.44. The van der Waals surface area contributed by atoms with Crippen molar-refractivity contribution in [1.29, 1.82) is 0 Å². The molecule has 0 aliphatic carbocycles. The highest BCUT2D eigenvalue weighted by Crippen LogP contribution is 2.55. The molecule has 10 heteroatoms. The Bertz CT molecular complexity index is 1260. The van der Waals surface area contributed by atoms with E-state index in [0.717, 1.165) is 16.7 Å². The summed E-state index contributed by atoms with van der Waals surface area (Å²) in [4.78, 5) is 52.5. The Kier molecular flexibility index (Phi) is 4.48. The third kappa shape index (κ3) is 2.72. The monoisotopic (exact) mass is 451 g/mol. The van der Waals surface area contributed by atoms with Gasteiger partial charge in [0.15, 0.2) is 0 Å². The van der Waals surface area contributed by atoms with Gasteiger partial charge in [0.1, 0.15) is 16.7 Å². The number of fused-ring (bicyclic) bond motifs is 5. The van der Waals surface area contributed by atoms with E-state index >= 15 is 0 Å². The number of ether oxygens (including phenoxy) is 2. The molecule has 3 aliphatic heterocycles. The molecule has 3 atom stereocenters. The fraction of sp³-hybridized carbons (Fsp3) is 0.182. The quantitative estimate of drug-likeness (QED) is 0.404. The lowest BCUT2D eigenvalue weighted by Crippen LogP contribution is -2.39. The third-order valence-electron chi connectivity index (χ3n) is 5.87. The van der Waals surface area contributed by atoms with Crippen molar-refractivity contribution in [3.8, 4) is 11.5 Å². The summed E-state index contributed by atoms with van der Waals surface area (Å²) in [5, 5.41) is -0.700. The molecule has 4 N–H and O–H groups in total. The summed E-state index contributed by atoms with van der Waals surface area (Å²) in [6.45, 7) is 0. The van der Waals surface area contributed by atoms with Crippen molar-refractivity contribution >= 4 is 41.1 Å². The summed E-state index contributed by atoms with van der Waals surface area (Å²) in [7, 11) is 1.39. The standard InChI is InChI=1S/C22H17N3O6S/c1-30-13-7-6-9(18(23)26)8-11(13)25-20(27)15-14-10-4-2-3-5-12(10)31-22(29)16(14)19(24)32-17(15)21(25)28/h2-8,14-15,17H,24H2,1H3,(H2,23,26)/t14-,15+,17+/m1/s1. The number of esters is 1. The molecule has 162 valence electrons. The van der Waals surface area contributed by atoms with Gasteiger partial charge in [0.05, 0.1) is 29.3 Å². The van der Waals surface area contributed by atoms with E-state index in [9.17, 15) is 19.2 Å². The van der Waals surface area contributed by atoms with E-state index in [1.807, 2.05) is 0 Å². The van der Waals surface area contributed by atoms with Crippen LogP contribution in [0, 0.1) is 5.92 Å². The van der Waals surface area contributed by atoms with Crippen LogP contribution in [0.2, 0.25) is 0 Å². The Balaban J connectivity index is 1.66. The first-order valence-electron chi connectivity index (χ1n) is 9.66.